The van der Waals surface area contributed by atoms with Crippen LogP contribution in [-0.2, 0) is 4.74 Å². The van der Waals surface area contributed by atoms with E-state index in [1.165, 1.54) is 12.1 Å². The number of nitrogens with two attached hydrogens (primary N) is 1. The molecule has 0 aliphatic carbocycles. The molecule has 3 heteroatoms. The molecule has 0 radical (unpaired) electrons. The number of ether oxygens (including phenoxy) is 1. The van der Waals surface area contributed by atoms with Gasteiger partial charge in [-0.05, 0) is 24.6 Å². The third-order valence-electron chi connectivity index (χ3n) is 1.80. The van der Waals surface area contributed by atoms with Crippen molar-refractivity contribution < 1.29 is 9.13 Å². The third kappa shape index (κ3) is 3.13. The van der Waals surface area contributed by atoms with E-state index in [2.05, 4.69) is 0 Å². The van der Waals surface area contributed by atoms with Crippen LogP contribution in [0.2, 0.25) is 0 Å². The summed E-state index contributed by atoms with van der Waals surface area (Å²) in [4.78, 5) is 0. The average molecular weight is 183 g/mol. The smallest absolute Gasteiger partial charge is 0.123 e. The Morgan fingerprint density at radius 2 is 2.00 bits per heavy atom. The van der Waals surface area contributed by atoms with Gasteiger partial charge in [0.1, 0.15) is 5.82 Å². The van der Waals surface area contributed by atoms with Gasteiger partial charge in [-0.1, -0.05) is 12.1 Å². The highest BCUT2D eigenvalue weighted by molar-refractivity contribution is 5.19. The van der Waals surface area contributed by atoms with E-state index < -0.39 is 0 Å². The first-order valence-electron chi connectivity index (χ1n) is 4.33. The molecule has 0 saturated heterocycles. The van der Waals surface area contributed by atoms with Crippen LogP contribution in [0.3, 0.4) is 0 Å². The second-order valence-electron chi connectivity index (χ2n) is 2.82. The predicted octanol–water partition coefficient (Wildman–Crippen LogP) is 1.86. The van der Waals surface area contributed by atoms with Crippen molar-refractivity contribution in [3.05, 3.63) is 35.6 Å². The summed E-state index contributed by atoms with van der Waals surface area (Å²) >= 11 is 0. The van der Waals surface area contributed by atoms with Crippen molar-refractivity contribution in [3.63, 3.8) is 0 Å². The van der Waals surface area contributed by atoms with E-state index in [9.17, 15) is 4.39 Å². The molecule has 0 heterocycles. The number of rotatable bonds is 4. The van der Waals surface area contributed by atoms with Crippen molar-refractivity contribution in [1.29, 1.82) is 0 Å². The van der Waals surface area contributed by atoms with Crippen LogP contribution < -0.4 is 5.73 Å². The van der Waals surface area contributed by atoms with Crippen molar-refractivity contribution in [1.82, 2.24) is 0 Å². The molecule has 1 atom stereocenters. The molecule has 0 fully saturated rings. The minimum atomic E-state index is -0.243. The summed E-state index contributed by atoms with van der Waals surface area (Å²) in [5.74, 6) is -0.243. The summed E-state index contributed by atoms with van der Waals surface area (Å²) < 4.78 is 17.7. The molecule has 0 saturated carbocycles. The van der Waals surface area contributed by atoms with E-state index in [4.69, 9.17) is 10.5 Å². The van der Waals surface area contributed by atoms with Gasteiger partial charge in [-0.25, -0.2) is 4.39 Å². The summed E-state index contributed by atoms with van der Waals surface area (Å²) in [6.07, 6.45) is 0. The van der Waals surface area contributed by atoms with E-state index in [1.54, 1.807) is 12.1 Å². The van der Waals surface area contributed by atoms with Gasteiger partial charge >= 0.3 is 0 Å². The third-order valence-corrected chi connectivity index (χ3v) is 1.80. The van der Waals surface area contributed by atoms with Crippen LogP contribution in [0, 0.1) is 5.82 Å². The lowest BCUT2D eigenvalue weighted by Gasteiger charge is -2.11. The first kappa shape index (κ1) is 10.2. The Kier molecular flexibility index (Phi) is 3.86. The second-order valence-corrected chi connectivity index (χ2v) is 2.82. The lowest BCUT2D eigenvalue weighted by molar-refractivity contribution is 0.133. The maximum atomic E-state index is 12.5. The van der Waals surface area contributed by atoms with E-state index in [1.807, 2.05) is 6.92 Å². The van der Waals surface area contributed by atoms with Crippen LogP contribution in [0.5, 0.6) is 0 Å². The van der Waals surface area contributed by atoms with Crippen molar-refractivity contribution >= 4 is 0 Å². The number of hydrogen-bond donors (Lipinski definition) is 1. The molecule has 1 unspecified atom stereocenters. The molecule has 0 aromatic heterocycles. The van der Waals surface area contributed by atoms with E-state index in [0.717, 1.165) is 5.56 Å². The Balaban J connectivity index is 2.55. The van der Waals surface area contributed by atoms with Gasteiger partial charge in [-0.2, -0.15) is 0 Å². The van der Waals surface area contributed by atoms with Crippen LogP contribution in [0.4, 0.5) is 4.39 Å². The Morgan fingerprint density at radius 3 is 2.54 bits per heavy atom. The van der Waals surface area contributed by atoms with E-state index >= 15 is 0 Å². The largest absolute Gasteiger partial charge is 0.380 e. The van der Waals surface area contributed by atoms with Crippen molar-refractivity contribution in [2.75, 3.05) is 13.2 Å². The summed E-state index contributed by atoms with van der Waals surface area (Å²) in [6.45, 7) is 3.04. The van der Waals surface area contributed by atoms with Gasteiger partial charge in [0.25, 0.3) is 0 Å². The van der Waals surface area contributed by atoms with Crippen molar-refractivity contribution in [2.45, 2.75) is 13.0 Å². The zero-order valence-electron chi connectivity index (χ0n) is 7.66. The molecule has 0 spiro atoms. The zero-order valence-corrected chi connectivity index (χ0v) is 7.66. The lowest BCUT2D eigenvalue weighted by atomic mass is 10.1. The van der Waals surface area contributed by atoms with Crippen LogP contribution in [-0.4, -0.2) is 13.2 Å². The summed E-state index contributed by atoms with van der Waals surface area (Å²) in [5.41, 5.74) is 6.68. The Labute approximate surface area is 77.5 Å². The Morgan fingerprint density at radius 1 is 1.38 bits per heavy atom. The van der Waals surface area contributed by atoms with Gasteiger partial charge in [0.15, 0.2) is 0 Å². The highest BCUT2D eigenvalue weighted by Crippen LogP contribution is 2.11. The minimum Gasteiger partial charge on any atom is -0.380 e. The number of hydrogen-bond acceptors (Lipinski definition) is 2. The molecule has 1 aromatic rings. The van der Waals surface area contributed by atoms with Crippen LogP contribution in [0.25, 0.3) is 0 Å². The summed E-state index contributed by atoms with van der Waals surface area (Å²) in [7, 11) is 0. The molecule has 0 aliphatic rings. The highest BCUT2D eigenvalue weighted by Gasteiger charge is 2.04. The average Bonchev–Trinajstić information content (AvgIpc) is 2.15. The fourth-order valence-electron chi connectivity index (χ4n) is 1.05. The van der Waals surface area contributed by atoms with Gasteiger partial charge in [0.2, 0.25) is 0 Å². The van der Waals surface area contributed by atoms with Gasteiger partial charge < -0.3 is 10.5 Å². The number of benzene rings is 1. The molecular formula is C10H14FNO. The maximum absolute atomic E-state index is 12.5. The maximum Gasteiger partial charge on any atom is 0.123 e. The standard InChI is InChI=1S/C10H14FNO/c1-2-13-7-10(12)8-3-5-9(11)6-4-8/h3-6,10H,2,7,12H2,1H3. The molecule has 1 rings (SSSR count). The van der Waals surface area contributed by atoms with Gasteiger partial charge in [-0.3, -0.25) is 0 Å². The fraction of sp³-hybridized carbons (Fsp3) is 0.400. The van der Waals surface area contributed by atoms with Crippen molar-refractivity contribution in [2.24, 2.45) is 5.73 Å². The van der Waals surface area contributed by atoms with Crippen molar-refractivity contribution in [3.8, 4) is 0 Å². The number of halogens is 1. The van der Waals surface area contributed by atoms with Crippen LogP contribution >= 0.6 is 0 Å². The fourth-order valence-corrected chi connectivity index (χ4v) is 1.05. The topological polar surface area (TPSA) is 35.2 Å². The molecule has 1 aromatic carbocycles. The van der Waals surface area contributed by atoms with Gasteiger partial charge in [0.05, 0.1) is 12.6 Å². The van der Waals surface area contributed by atoms with E-state index in [0.29, 0.717) is 13.2 Å². The molecule has 13 heavy (non-hydrogen) atoms. The van der Waals surface area contributed by atoms with Crippen LogP contribution in [0.15, 0.2) is 24.3 Å². The quantitative estimate of drug-likeness (QED) is 0.773. The molecule has 0 aliphatic heterocycles. The first-order valence-corrected chi connectivity index (χ1v) is 4.33. The van der Waals surface area contributed by atoms with Gasteiger partial charge in [-0.15, -0.1) is 0 Å². The van der Waals surface area contributed by atoms with Gasteiger partial charge in [0, 0.05) is 6.61 Å². The zero-order chi connectivity index (χ0) is 9.68. The normalized spacial score (nSPS) is 12.8. The summed E-state index contributed by atoms with van der Waals surface area (Å²) in [6, 6.07) is 6.00. The highest BCUT2D eigenvalue weighted by atomic mass is 19.1. The monoisotopic (exact) mass is 183 g/mol. The molecule has 0 bridgehead atoms. The first-order chi connectivity index (χ1) is 6.24. The second kappa shape index (κ2) is 4.94. The summed E-state index contributed by atoms with van der Waals surface area (Å²) in [5, 5.41) is 0. The SMILES string of the molecule is CCOCC(N)c1ccc(F)cc1. The lowest BCUT2D eigenvalue weighted by Crippen LogP contribution is -2.16. The molecular weight excluding hydrogens is 169 g/mol. The molecule has 2 nitrogen and oxygen atoms in total. The molecule has 2 N–H and O–H groups in total. The Bertz CT molecular complexity index is 248. The predicted molar refractivity (Wildman–Crippen MR) is 49.8 cm³/mol. The van der Waals surface area contributed by atoms with E-state index in [-0.39, 0.29) is 11.9 Å². The Hall–Kier alpha value is -0.930. The molecule has 0 amide bonds. The molecule has 72 valence electrons. The van der Waals surface area contributed by atoms with Crippen LogP contribution in [0.1, 0.15) is 18.5 Å². The minimum absolute atomic E-state index is 0.166.